The quantitative estimate of drug-likeness (QED) is 0.363. The Labute approximate surface area is 160 Å². The fourth-order valence-electron chi connectivity index (χ4n) is 5.37. The number of imide groups is 1. The van der Waals surface area contributed by atoms with E-state index in [1.807, 2.05) is 0 Å². The first-order valence-corrected chi connectivity index (χ1v) is 9.53. The van der Waals surface area contributed by atoms with E-state index < -0.39 is 4.92 Å². The van der Waals surface area contributed by atoms with Gasteiger partial charge in [0.25, 0.3) is 5.69 Å². The lowest BCUT2D eigenvalue weighted by atomic mass is 9.63. The second-order valence-electron chi connectivity index (χ2n) is 8.09. The van der Waals surface area contributed by atoms with E-state index in [2.05, 4.69) is 17.5 Å². The Hall–Kier alpha value is -3.03. The van der Waals surface area contributed by atoms with Gasteiger partial charge in [-0.3, -0.25) is 29.4 Å². The maximum atomic E-state index is 12.9. The van der Waals surface area contributed by atoms with Crippen molar-refractivity contribution in [2.45, 2.75) is 12.8 Å². The molecule has 1 aromatic carbocycles. The highest BCUT2D eigenvalue weighted by Crippen LogP contribution is 2.65. The smallest absolute Gasteiger partial charge is 0.271 e. The number of nitro groups is 1. The summed E-state index contributed by atoms with van der Waals surface area (Å²) >= 11 is 0. The van der Waals surface area contributed by atoms with Crippen molar-refractivity contribution in [3.63, 3.8) is 0 Å². The van der Waals surface area contributed by atoms with E-state index in [9.17, 15) is 24.5 Å². The van der Waals surface area contributed by atoms with Gasteiger partial charge in [0.1, 0.15) is 0 Å². The summed E-state index contributed by atoms with van der Waals surface area (Å²) in [5.74, 6) is 0.221. The van der Waals surface area contributed by atoms with Gasteiger partial charge in [-0.05, 0) is 36.2 Å². The molecule has 8 nitrogen and oxygen atoms in total. The topological polar surface area (TPSA) is 110 Å². The van der Waals surface area contributed by atoms with Gasteiger partial charge < -0.3 is 5.32 Å². The molecule has 5 aliphatic rings. The number of allylic oxidation sites excluding steroid dienone is 2. The van der Waals surface area contributed by atoms with Crippen LogP contribution in [-0.4, -0.2) is 34.1 Å². The number of hydrogen-bond donors (Lipinski definition) is 1. The Morgan fingerprint density at radius 2 is 1.79 bits per heavy atom. The molecule has 8 heteroatoms. The molecule has 1 heterocycles. The summed E-state index contributed by atoms with van der Waals surface area (Å²) in [7, 11) is 0. The molecule has 1 saturated heterocycles. The summed E-state index contributed by atoms with van der Waals surface area (Å²) in [5, 5.41) is 13.4. The number of hydrogen-bond acceptors (Lipinski definition) is 5. The Morgan fingerprint density at radius 3 is 2.39 bits per heavy atom. The minimum absolute atomic E-state index is 0.0325. The van der Waals surface area contributed by atoms with Gasteiger partial charge in [-0.25, -0.2) is 0 Å². The van der Waals surface area contributed by atoms with E-state index in [-0.39, 0.29) is 60.0 Å². The Morgan fingerprint density at radius 1 is 1.14 bits per heavy atom. The van der Waals surface area contributed by atoms with Crippen molar-refractivity contribution in [1.82, 2.24) is 4.90 Å². The number of nitrogens with one attached hydrogen (secondary N) is 1. The maximum absolute atomic E-state index is 12.9. The molecule has 3 amide bonds. The van der Waals surface area contributed by atoms with Crippen molar-refractivity contribution in [3.05, 3.63) is 46.5 Å². The molecule has 1 aromatic rings. The SMILES string of the molecule is O=C(CCN1C(=O)[C@@H]2[C@H]3C=C[C@H]([C@H]4C[C@H]34)[C@@H]2C1=O)Nc1cccc([N+](=O)[O-])c1. The van der Waals surface area contributed by atoms with Crippen LogP contribution in [0.15, 0.2) is 36.4 Å². The number of likely N-dealkylation sites (tertiary alicyclic amines) is 1. The Balaban J connectivity index is 1.23. The monoisotopic (exact) mass is 381 g/mol. The van der Waals surface area contributed by atoms with Gasteiger partial charge in [0, 0.05) is 30.8 Å². The summed E-state index contributed by atoms with van der Waals surface area (Å²) in [6.45, 7) is 0.0419. The maximum Gasteiger partial charge on any atom is 0.271 e. The molecule has 3 fully saturated rings. The zero-order chi connectivity index (χ0) is 19.6. The highest BCUT2D eigenvalue weighted by Gasteiger charge is 2.66. The van der Waals surface area contributed by atoms with Crippen molar-refractivity contribution < 1.29 is 19.3 Å². The zero-order valence-electron chi connectivity index (χ0n) is 15.0. The van der Waals surface area contributed by atoms with Crippen LogP contribution in [0.5, 0.6) is 0 Å². The van der Waals surface area contributed by atoms with Crippen LogP contribution in [0.4, 0.5) is 11.4 Å². The largest absolute Gasteiger partial charge is 0.326 e. The van der Waals surface area contributed by atoms with Crippen LogP contribution in [0.25, 0.3) is 0 Å². The summed E-state index contributed by atoms with van der Waals surface area (Å²) in [6.07, 6.45) is 5.31. The molecule has 0 radical (unpaired) electrons. The highest BCUT2D eigenvalue weighted by molar-refractivity contribution is 6.06. The summed E-state index contributed by atoms with van der Waals surface area (Å²) in [5.41, 5.74) is 0.197. The predicted octanol–water partition coefficient (Wildman–Crippen LogP) is 1.98. The van der Waals surface area contributed by atoms with Gasteiger partial charge in [-0.1, -0.05) is 18.2 Å². The van der Waals surface area contributed by atoms with Gasteiger partial charge in [-0.2, -0.15) is 0 Å². The molecule has 0 spiro atoms. The van der Waals surface area contributed by atoms with E-state index in [1.165, 1.54) is 23.1 Å². The van der Waals surface area contributed by atoms with Crippen molar-refractivity contribution in [1.29, 1.82) is 0 Å². The normalized spacial score (nSPS) is 34.2. The lowest BCUT2D eigenvalue weighted by Gasteiger charge is -2.37. The number of benzene rings is 1. The number of amides is 3. The van der Waals surface area contributed by atoms with Crippen molar-refractivity contribution in [2.75, 3.05) is 11.9 Å². The highest BCUT2D eigenvalue weighted by atomic mass is 16.6. The third kappa shape index (κ3) is 2.47. The number of rotatable bonds is 5. The molecule has 2 bridgehead atoms. The lowest BCUT2D eigenvalue weighted by Crippen LogP contribution is -2.40. The standard InChI is InChI=1S/C20H19N3O5/c24-16(21-10-2-1-3-11(8-10)23(27)28)6-7-22-19(25)17-12-4-5-13(15-9-14(12)15)18(17)20(22)26/h1-5,8,12-15,17-18H,6-7,9H2,(H,21,24)/t12-,13+,14-,15-,17+,18-/m1/s1. The molecular formula is C20H19N3O5. The zero-order valence-corrected chi connectivity index (χ0v) is 15.0. The van der Waals surface area contributed by atoms with E-state index >= 15 is 0 Å². The Kier molecular flexibility index (Phi) is 3.65. The van der Waals surface area contributed by atoms with Crippen molar-refractivity contribution in [2.24, 2.45) is 35.5 Å². The number of anilines is 1. The third-order valence-electron chi connectivity index (χ3n) is 6.66. The van der Waals surface area contributed by atoms with Gasteiger partial charge in [0.05, 0.1) is 16.8 Å². The molecule has 6 atom stereocenters. The average Bonchev–Trinajstić information content (AvgIpc) is 3.45. The first-order valence-electron chi connectivity index (χ1n) is 9.53. The number of carbonyl (C=O) groups is 3. The minimum atomic E-state index is -0.536. The van der Waals surface area contributed by atoms with Crippen LogP contribution in [0.3, 0.4) is 0 Å². The number of non-ortho nitro benzene ring substituents is 1. The minimum Gasteiger partial charge on any atom is -0.326 e. The molecule has 1 N–H and O–H groups in total. The van der Waals surface area contributed by atoms with Crippen LogP contribution in [-0.2, 0) is 14.4 Å². The molecule has 28 heavy (non-hydrogen) atoms. The van der Waals surface area contributed by atoms with Gasteiger partial charge in [0.2, 0.25) is 17.7 Å². The van der Waals surface area contributed by atoms with E-state index in [4.69, 9.17) is 0 Å². The summed E-state index contributed by atoms with van der Waals surface area (Å²) < 4.78 is 0. The number of nitrogens with zero attached hydrogens (tertiary/aromatic N) is 2. The summed E-state index contributed by atoms with van der Waals surface area (Å²) in [4.78, 5) is 49.5. The van der Waals surface area contributed by atoms with Gasteiger partial charge in [-0.15, -0.1) is 0 Å². The molecule has 0 unspecified atom stereocenters. The summed E-state index contributed by atoms with van der Waals surface area (Å²) in [6, 6.07) is 5.65. The molecule has 6 rings (SSSR count). The second-order valence-corrected chi connectivity index (χ2v) is 8.09. The van der Waals surface area contributed by atoms with E-state index in [0.29, 0.717) is 17.5 Å². The first-order chi connectivity index (χ1) is 13.5. The number of nitro benzene ring substituents is 1. The van der Waals surface area contributed by atoms with Gasteiger partial charge >= 0.3 is 0 Å². The second kappa shape index (κ2) is 5.98. The molecular weight excluding hydrogens is 362 g/mol. The molecule has 4 aliphatic carbocycles. The fraction of sp³-hybridized carbons (Fsp3) is 0.450. The Bertz CT molecular complexity index is 906. The third-order valence-corrected chi connectivity index (χ3v) is 6.66. The van der Waals surface area contributed by atoms with Crippen LogP contribution in [0, 0.1) is 45.6 Å². The molecule has 2 saturated carbocycles. The lowest BCUT2D eigenvalue weighted by molar-refractivity contribution is -0.384. The van der Waals surface area contributed by atoms with E-state index in [0.717, 1.165) is 6.42 Å². The van der Waals surface area contributed by atoms with Crippen LogP contribution in [0.2, 0.25) is 0 Å². The first kappa shape index (κ1) is 17.1. The van der Waals surface area contributed by atoms with Crippen molar-refractivity contribution >= 4 is 29.1 Å². The molecule has 1 aliphatic heterocycles. The van der Waals surface area contributed by atoms with Gasteiger partial charge in [0.15, 0.2) is 0 Å². The molecule has 0 aromatic heterocycles. The molecule has 144 valence electrons. The van der Waals surface area contributed by atoms with Crippen LogP contribution < -0.4 is 5.32 Å². The predicted molar refractivity (Wildman–Crippen MR) is 97.8 cm³/mol. The van der Waals surface area contributed by atoms with Crippen LogP contribution >= 0.6 is 0 Å². The van der Waals surface area contributed by atoms with E-state index in [1.54, 1.807) is 6.07 Å². The average molecular weight is 381 g/mol. The fourth-order valence-corrected chi connectivity index (χ4v) is 5.37. The number of carbonyl (C=O) groups excluding carboxylic acids is 3. The van der Waals surface area contributed by atoms with Crippen LogP contribution in [0.1, 0.15) is 12.8 Å². The van der Waals surface area contributed by atoms with Crippen molar-refractivity contribution in [3.8, 4) is 0 Å².